The zero-order chi connectivity index (χ0) is 26.8. The summed E-state index contributed by atoms with van der Waals surface area (Å²) in [5, 5.41) is 15.8. The number of amides is 1. The third kappa shape index (κ3) is 7.70. The van der Waals surface area contributed by atoms with Crippen LogP contribution in [0.2, 0.25) is 0 Å². The Hall–Kier alpha value is -3.60. The van der Waals surface area contributed by atoms with E-state index < -0.39 is 5.60 Å². The molecule has 38 heavy (non-hydrogen) atoms. The number of ether oxygens (including phenoxy) is 4. The maximum Gasteiger partial charge on any atom is 0.248 e. The molecule has 1 saturated heterocycles. The van der Waals surface area contributed by atoms with Crippen molar-refractivity contribution in [1.29, 1.82) is 0 Å². The average molecular weight is 525 g/mol. The monoisotopic (exact) mass is 524 g/mol. The number of aromatic nitrogens is 2. The molecule has 1 amide bonds. The van der Waals surface area contributed by atoms with E-state index in [4.69, 9.17) is 18.9 Å². The number of aliphatic hydroxyl groups is 1. The molecule has 1 fully saturated rings. The van der Waals surface area contributed by atoms with E-state index >= 15 is 0 Å². The second kappa shape index (κ2) is 13.3. The molecule has 0 spiro atoms. The first-order valence-electron chi connectivity index (χ1n) is 12.6. The number of carbonyl (C=O) groups is 1. The molecule has 1 atom stereocenters. The van der Waals surface area contributed by atoms with Gasteiger partial charge in [0.1, 0.15) is 31.2 Å². The number of hydrogen-bond donors (Lipinski definition) is 1. The minimum Gasteiger partial charge on any atom is -0.493 e. The second-order valence-electron chi connectivity index (χ2n) is 9.39. The topological polar surface area (TPSA) is 98.5 Å². The largest absolute Gasteiger partial charge is 0.493 e. The molecule has 2 aromatic carbocycles. The number of nitrogens with zero attached hydrogens (tertiary/aromatic N) is 4. The molecule has 2 heterocycles. The van der Waals surface area contributed by atoms with Crippen molar-refractivity contribution in [3.8, 4) is 17.2 Å². The summed E-state index contributed by atoms with van der Waals surface area (Å²) in [7, 11) is 3.10. The van der Waals surface area contributed by atoms with Crippen LogP contribution in [0.3, 0.4) is 0 Å². The Bertz CT molecular complexity index is 1140. The van der Waals surface area contributed by atoms with Crippen molar-refractivity contribution in [2.24, 2.45) is 0 Å². The molecule has 10 nitrogen and oxygen atoms in total. The van der Waals surface area contributed by atoms with Gasteiger partial charge in [-0.25, -0.2) is 0 Å². The van der Waals surface area contributed by atoms with E-state index in [9.17, 15) is 9.90 Å². The van der Waals surface area contributed by atoms with E-state index in [1.54, 1.807) is 18.2 Å². The molecule has 4 rings (SSSR count). The minimum atomic E-state index is -1.27. The lowest BCUT2D eigenvalue weighted by Gasteiger charge is -2.33. The van der Waals surface area contributed by atoms with E-state index in [1.165, 1.54) is 7.11 Å². The smallest absolute Gasteiger partial charge is 0.248 e. The van der Waals surface area contributed by atoms with Crippen LogP contribution >= 0.6 is 0 Å². The fraction of sp³-hybridized carbons (Fsp3) is 0.429. The van der Waals surface area contributed by atoms with Crippen molar-refractivity contribution >= 4 is 5.91 Å². The van der Waals surface area contributed by atoms with Gasteiger partial charge in [-0.15, -0.1) is 0 Å². The molecular formula is C28H36N4O6. The van der Waals surface area contributed by atoms with Crippen molar-refractivity contribution in [2.45, 2.75) is 18.7 Å². The highest BCUT2D eigenvalue weighted by molar-refractivity contribution is 5.77. The van der Waals surface area contributed by atoms with Crippen LogP contribution in [-0.2, 0) is 22.6 Å². The predicted molar refractivity (Wildman–Crippen MR) is 141 cm³/mol. The fourth-order valence-corrected chi connectivity index (χ4v) is 4.50. The number of benzene rings is 2. The third-order valence-corrected chi connectivity index (χ3v) is 6.33. The first-order valence-corrected chi connectivity index (χ1v) is 12.6. The van der Waals surface area contributed by atoms with Crippen LogP contribution in [-0.4, -0.2) is 96.4 Å². The molecular weight excluding hydrogens is 488 g/mol. The van der Waals surface area contributed by atoms with E-state index in [0.717, 1.165) is 5.56 Å². The number of hydrogen-bond acceptors (Lipinski definition) is 8. The van der Waals surface area contributed by atoms with Crippen molar-refractivity contribution in [1.82, 2.24) is 19.6 Å². The summed E-state index contributed by atoms with van der Waals surface area (Å²) in [5.41, 5.74) is -0.270. The molecule has 0 aliphatic carbocycles. The summed E-state index contributed by atoms with van der Waals surface area (Å²) in [4.78, 5) is 16.4. The van der Waals surface area contributed by atoms with Gasteiger partial charge in [-0.3, -0.25) is 14.4 Å². The van der Waals surface area contributed by atoms with Gasteiger partial charge in [-0.2, -0.15) is 5.10 Å². The second-order valence-corrected chi connectivity index (χ2v) is 9.39. The highest BCUT2D eigenvalue weighted by Gasteiger charge is 2.37. The van der Waals surface area contributed by atoms with E-state index in [0.29, 0.717) is 56.6 Å². The quantitative estimate of drug-likeness (QED) is 0.385. The van der Waals surface area contributed by atoms with Crippen molar-refractivity contribution in [3.63, 3.8) is 0 Å². The van der Waals surface area contributed by atoms with Gasteiger partial charge >= 0.3 is 0 Å². The van der Waals surface area contributed by atoms with Gasteiger partial charge in [0.25, 0.3) is 0 Å². The van der Waals surface area contributed by atoms with Crippen LogP contribution in [0.1, 0.15) is 5.56 Å². The lowest BCUT2D eigenvalue weighted by Crippen LogP contribution is -2.52. The van der Waals surface area contributed by atoms with E-state index in [2.05, 4.69) is 10.00 Å². The minimum absolute atomic E-state index is 0.0344. The van der Waals surface area contributed by atoms with Gasteiger partial charge in [0.2, 0.25) is 5.91 Å². The number of methoxy groups -OCH3 is 2. The lowest BCUT2D eigenvalue weighted by atomic mass is 10.0. The van der Waals surface area contributed by atoms with E-state index in [1.807, 2.05) is 65.5 Å². The van der Waals surface area contributed by atoms with Gasteiger partial charge in [0.05, 0.1) is 20.2 Å². The Balaban J connectivity index is 1.46. The zero-order valence-corrected chi connectivity index (χ0v) is 22.0. The van der Waals surface area contributed by atoms with Crippen LogP contribution in [0.25, 0.3) is 0 Å². The summed E-state index contributed by atoms with van der Waals surface area (Å²) in [6, 6.07) is 17.1. The molecule has 3 aromatic rings. The third-order valence-electron chi connectivity index (χ3n) is 6.33. The Labute approximate surface area is 223 Å². The number of carbonyl (C=O) groups excluding carboxylic acids is 1. The van der Waals surface area contributed by atoms with Crippen LogP contribution in [0, 0.1) is 0 Å². The highest BCUT2D eigenvalue weighted by atomic mass is 16.5. The first kappa shape index (κ1) is 27.4. The summed E-state index contributed by atoms with van der Waals surface area (Å²) in [6.07, 6.45) is 3.62. The molecule has 10 heteroatoms. The summed E-state index contributed by atoms with van der Waals surface area (Å²) in [5.74, 6) is 1.80. The van der Waals surface area contributed by atoms with Crippen LogP contribution in [0.4, 0.5) is 0 Å². The first-order chi connectivity index (χ1) is 18.5. The van der Waals surface area contributed by atoms with Gasteiger partial charge in [0.15, 0.2) is 11.5 Å². The highest BCUT2D eigenvalue weighted by Crippen LogP contribution is 2.29. The van der Waals surface area contributed by atoms with Gasteiger partial charge in [-0.1, -0.05) is 24.3 Å². The molecule has 1 unspecified atom stereocenters. The van der Waals surface area contributed by atoms with Crippen LogP contribution in [0.5, 0.6) is 17.2 Å². The number of para-hydroxylation sites is 1. The van der Waals surface area contributed by atoms with Crippen molar-refractivity contribution < 1.29 is 28.8 Å². The normalized spacial score (nSPS) is 18.1. The Morgan fingerprint density at radius 1 is 1.03 bits per heavy atom. The SMILES string of the molecule is COCC(=O)N1CCN(Cc2ccc(OC)c(OCCn3cccn3)c2)CC(O)(COc2ccccc2)C1. The maximum atomic E-state index is 12.7. The zero-order valence-electron chi connectivity index (χ0n) is 22.0. The molecule has 1 aliphatic rings. The standard InChI is InChI=1S/C28H36N4O6/c1-35-19-27(33)31-14-13-30(20-28(34,21-31)22-38-24-7-4-3-5-8-24)18-23-9-10-25(36-2)26(17-23)37-16-15-32-12-6-11-29-32/h3-12,17,34H,13-16,18-22H2,1-2H3. The maximum absolute atomic E-state index is 12.7. The fourth-order valence-electron chi connectivity index (χ4n) is 4.50. The molecule has 1 N–H and O–H groups in total. The molecule has 204 valence electrons. The lowest BCUT2D eigenvalue weighted by molar-refractivity contribution is -0.138. The van der Waals surface area contributed by atoms with Crippen molar-refractivity contribution in [3.05, 3.63) is 72.6 Å². The number of β-amino-alcohol motifs (C(OH)–C–C–N with tert-alkyl or cyclic N) is 1. The Morgan fingerprint density at radius 2 is 1.87 bits per heavy atom. The van der Waals surface area contributed by atoms with Crippen LogP contribution < -0.4 is 14.2 Å². The molecule has 0 radical (unpaired) electrons. The number of rotatable bonds is 12. The van der Waals surface area contributed by atoms with Crippen LogP contribution in [0.15, 0.2) is 67.0 Å². The molecule has 1 aromatic heterocycles. The van der Waals surface area contributed by atoms with Gasteiger partial charge in [0, 0.05) is 45.7 Å². The predicted octanol–water partition coefficient (Wildman–Crippen LogP) is 2.07. The molecule has 0 bridgehead atoms. The van der Waals surface area contributed by atoms with Gasteiger partial charge in [-0.05, 0) is 35.9 Å². The Kier molecular flexibility index (Phi) is 9.58. The molecule has 1 aliphatic heterocycles. The summed E-state index contributed by atoms with van der Waals surface area (Å²) >= 11 is 0. The van der Waals surface area contributed by atoms with E-state index in [-0.39, 0.29) is 25.7 Å². The van der Waals surface area contributed by atoms with Crippen molar-refractivity contribution in [2.75, 3.05) is 60.2 Å². The van der Waals surface area contributed by atoms with Gasteiger partial charge < -0.3 is 29.0 Å². The molecule has 0 saturated carbocycles. The average Bonchev–Trinajstić information content (AvgIpc) is 3.38. The summed E-state index contributed by atoms with van der Waals surface area (Å²) in [6.45, 7) is 3.18. The Morgan fingerprint density at radius 3 is 2.61 bits per heavy atom. The summed E-state index contributed by atoms with van der Waals surface area (Å²) < 4.78 is 24.3.